The van der Waals surface area contributed by atoms with Crippen LogP contribution in [0.5, 0.6) is 5.75 Å². The molecule has 292 valence electrons. The molecule has 14 rings (SSSR count). The Morgan fingerprint density at radius 2 is 0.926 bits per heavy atom. The molecule has 12 saturated carbocycles. The van der Waals surface area contributed by atoms with Crippen LogP contribution < -0.4 is 4.18 Å². The molecule has 0 aliphatic heterocycles. The monoisotopic (exact) mass is 771 g/mol. The maximum Gasteiger partial charge on any atom is 0.339 e. The Bertz CT molecular complexity index is 1970. The van der Waals surface area contributed by atoms with E-state index in [1.807, 2.05) is 13.8 Å². The summed E-state index contributed by atoms with van der Waals surface area (Å²) in [6.45, 7) is 5.33. The molecule has 8 heteroatoms. The minimum absolute atomic E-state index is 0.143. The van der Waals surface area contributed by atoms with Gasteiger partial charge in [0.15, 0.2) is 0 Å². The lowest BCUT2D eigenvalue weighted by atomic mass is 9.45. The third-order valence-corrected chi connectivity index (χ3v) is 19.8. The summed E-state index contributed by atoms with van der Waals surface area (Å²) in [5.74, 6) is 6.21. The fraction of sp³-hybridized carbons (Fsp3) is 0.739. The summed E-state index contributed by atoms with van der Waals surface area (Å²) in [6, 6.07) is 7.83. The third kappa shape index (κ3) is 5.36. The fourth-order valence-electron chi connectivity index (χ4n) is 16.9. The van der Waals surface area contributed by atoms with Crippen molar-refractivity contribution in [1.29, 1.82) is 0 Å². The van der Waals surface area contributed by atoms with E-state index in [1.165, 1.54) is 94.7 Å². The van der Waals surface area contributed by atoms with Gasteiger partial charge < -0.3 is 8.74 Å². The van der Waals surface area contributed by atoms with E-state index in [9.17, 15) is 13.0 Å². The zero-order chi connectivity index (χ0) is 37.2. The van der Waals surface area contributed by atoms with Crippen LogP contribution in [0.15, 0.2) is 34.1 Å². The summed E-state index contributed by atoms with van der Waals surface area (Å²) < 4.78 is 75.0. The summed E-state index contributed by atoms with van der Waals surface area (Å²) >= 11 is 0. The summed E-state index contributed by atoms with van der Waals surface area (Å²) in [5, 5.41) is 0. The topological polar surface area (TPSA) is 101 Å². The molecule has 0 spiro atoms. The molecule has 0 amide bonds. The molecule has 54 heavy (non-hydrogen) atoms. The van der Waals surface area contributed by atoms with Crippen molar-refractivity contribution in [3.63, 3.8) is 0 Å². The summed E-state index contributed by atoms with van der Waals surface area (Å²) in [4.78, 5) is 0.203. The molecular formula is C46H59O6S2-. The normalized spacial score (nSPS) is 42.7. The van der Waals surface area contributed by atoms with Crippen LogP contribution in [0.4, 0.5) is 0 Å². The van der Waals surface area contributed by atoms with Crippen molar-refractivity contribution in [2.75, 3.05) is 0 Å². The number of hydrogen-bond acceptors (Lipinski definition) is 6. The molecule has 0 heterocycles. The molecule has 12 aliphatic rings. The molecule has 0 N–H and O–H groups in total. The Kier molecular flexibility index (Phi) is 7.59. The summed E-state index contributed by atoms with van der Waals surface area (Å²) in [7, 11) is -9.13. The first kappa shape index (κ1) is 35.3. The first-order valence-corrected chi connectivity index (χ1v) is 24.6. The smallest absolute Gasteiger partial charge is 0.339 e. The number of hydrogen-bond donors (Lipinski definition) is 0. The molecule has 2 aromatic carbocycles. The SMILES string of the molecule is Cc1cc(S(=O)(=O)[O-])c(C(C)C)cc1OS(=O)(=O)c1c(C23CC4CC(CC(C4)C2)C3)cc(C23CC4CC(CC(C4)C2)C3)cc1C12CC3CC(CC(C3)C1)C2. The molecule has 0 atom stereocenters. The summed E-state index contributed by atoms with van der Waals surface area (Å²) in [5.41, 5.74) is 4.16. The van der Waals surface area contributed by atoms with Crippen LogP contribution in [0.1, 0.15) is 163 Å². The van der Waals surface area contributed by atoms with Crippen LogP contribution in [0, 0.1) is 60.2 Å². The zero-order valence-electron chi connectivity index (χ0n) is 32.6. The van der Waals surface area contributed by atoms with Gasteiger partial charge in [-0.1, -0.05) is 26.0 Å². The van der Waals surface area contributed by atoms with E-state index >= 15 is 8.42 Å². The van der Waals surface area contributed by atoms with Gasteiger partial charge in [-0.15, -0.1) is 0 Å². The Labute approximate surface area is 323 Å². The second-order valence-corrected chi connectivity index (χ2v) is 24.6. The highest BCUT2D eigenvalue weighted by atomic mass is 32.2. The van der Waals surface area contributed by atoms with E-state index in [0.717, 1.165) is 67.4 Å². The molecular weight excluding hydrogens is 713 g/mol. The lowest BCUT2D eigenvalue weighted by Gasteiger charge is -2.60. The average molecular weight is 772 g/mol. The standard InChI is InChI=1S/C46H60O6S2/c1-26(2)38-16-41(27(3)4-42(38)53(47,48)49)52-54(50,51)43-39(45-20-31-8-32(21-45)10-33(9-31)22-45)14-37(44-17-28-5-29(18-44)7-30(6-28)19-44)15-40(43)46-23-34-11-35(24-46)13-36(12-34)25-46/h4,14-16,26,28-36H,5-13,17-25H2,1-3H3,(H,47,48,49)/p-1. The highest BCUT2D eigenvalue weighted by molar-refractivity contribution is 7.87. The van der Waals surface area contributed by atoms with Crippen molar-refractivity contribution in [3.05, 3.63) is 52.1 Å². The van der Waals surface area contributed by atoms with Gasteiger partial charge in [-0.25, -0.2) is 8.42 Å². The Morgan fingerprint density at radius 1 is 0.574 bits per heavy atom. The lowest BCUT2D eigenvalue weighted by Crippen LogP contribution is -2.52. The molecule has 6 nitrogen and oxygen atoms in total. The van der Waals surface area contributed by atoms with Gasteiger partial charge in [0.25, 0.3) is 0 Å². The molecule has 0 unspecified atom stereocenters. The highest BCUT2D eigenvalue weighted by Gasteiger charge is 2.59. The quantitative estimate of drug-likeness (QED) is 0.196. The largest absolute Gasteiger partial charge is 0.744 e. The van der Waals surface area contributed by atoms with Gasteiger partial charge in [-0.2, -0.15) is 8.42 Å². The van der Waals surface area contributed by atoms with E-state index in [1.54, 1.807) is 6.92 Å². The van der Waals surface area contributed by atoms with Gasteiger partial charge in [0.05, 0.1) is 4.90 Å². The van der Waals surface area contributed by atoms with E-state index < -0.39 is 20.2 Å². The van der Waals surface area contributed by atoms with Crippen molar-refractivity contribution < 1.29 is 25.6 Å². The van der Waals surface area contributed by atoms with Crippen LogP contribution in [0.2, 0.25) is 0 Å². The predicted molar refractivity (Wildman–Crippen MR) is 207 cm³/mol. The summed E-state index contributed by atoms with van der Waals surface area (Å²) in [6.07, 6.45) is 22.2. The number of aryl methyl sites for hydroxylation is 1. The molecule has 0 radical (unpaired) electrons. The first-order chi connectivity index (χ1) is 25.6. The van der Waals surface area contributed by atoms with Gasteiger partial charge in [-0.05, 0) is 238 Å². The second kappa shape index (κ2) is 11.6. The fourth-order valence-corrected chi connectivity index (χ4v) is 19.4. The van der Waals surface area contributed by atoms with Crippen molar-refractivity contribution in [2.24, 2.45) is 53.3 Å². The zero-order valence-corrected chi connectivity index (χ0v) is 34.2. The highest BCUT2D eigenvalue weighted by Crippen LogP contribution is 2.67. The Hall–Kier alpha value is -1.90. The minimum atomic E-state index is -4.76. The van der Waals surface area contributed by atoms with Gasteiger partial charge in [0.1, 0.15) is 20.8 Å². The van der Waals surface area contributed by atoms with E-state index in [0.29, 0.717) is 51.5 Å². The second-order valence-electron chi connectivity index (χ2n) is 21.8. The molecule has 0 saturated heterocycles. The van der Waals surface area contributed by atoms with Crippen molar-refractivity contribution in [3.8, 4) is 5.75 Å². The third-order valence-electron chi connectivity index (χ3n) is 17.6. The van der Waals surface area contributed by atoms with Crippen LogP contribution in [0.3, 0.4) is 0 Å². The molecule has 2 aromatic rings. The van der Waals surface area contributed by atoms with Gasteiger partial charge in [0, 0.05) is 0 Å². The maximum atomic E-state index is 15.7. The van der Waals surface area contributed by atoms with E-state index in [4.69, 9.17) is 4.18 Å². The number of benzene rings is 2. The number of rotatable bonds is 8. The minimum Gasteiger partial charge on any atom is -0.744 e. The van der Waals surface area contributed by atoms with Crippen molar-refractivity contribution >= 4 is 20.2 Å². The molecule has 12 bridgehead atoms. The molecule has 0 aromatic heterocycles. The van der Waals surface area contributed by atoms with Crippen molar-refractivity contribution in [2.45, 2.75) is 168 Å². The van der Waals surface area contributed by atoms with Gasteiger partial charge >= 0.3 is 10.1 Å². The van der Waals surface area contributed by atoms with Crippen molar-refractivity contribution in [1.82, 2.24) is 0 Å². The lowest BCUT2D eigenvalue weighted by molar-refractivity contribution is -0.0138. The molecule has 12 fully saturated rings. The van der Waals surface area contributed by atoms with Gasteiger partial charge in [0.2, 0.25) is 0 Å². The predicted octanol–water partition coefficient (Wildman–Crippen LogP) is 10.2. The average Bonchev–Trinajstić information content (AvgIpc) is 3.06. The Balaban J connectivity index is 1.15. The van der Waals surface area contributed by atoms with E-state index in [2.05, 4.69) is 12.1 Å². The van der Waals surface area contributed by atoms with Crippen LogP contribution in [-0.2, 0) is 36.5 Å². The maximum absolute atomic E-state index is 15.7. The first-order valence-electron chi connectivity index (χ1n) is 21.8. The van der Waals surface area contributed by atoms with Gasteiger partial charge in [-0.3, -0.25) is 0 Å². The van der Waals surface area contributed by atoms with Crippen LogP contribution in [-0.4, -0.2) is 21.4 Å². The molecule has 12 aliphatic carbocycles. The van der Waals surface area contributed by atoms with E-state index in [-0.39, 0.29) is 32.8 Å². The Morgan fingerprint density at radius 3 is 1.26 bits per heavy atom. The van der Waals surface area contributed by atoms with Crippen LogP contribution in [0.25, 0.3) is 0 Å². The van der Waals surface area contributed by atoms with Crippen LogP contribution >= 0.6 is 0 Å².